The number of hydrogen-bond donors (Lipinski definition) is 1. The third-order valence-electron chi connectivity index (χ3n) is 2.20. The molecule has 1 heterocycles. The van der Waals surface area contributed by atoms with E-state index >= 15 is 0 Å². The first-order valence-electron chi connectivity index (χ1n) is 5.68. The van der Waals surface area contributed by atoms with Crippen LogP contribution in [-0.2, 0) is 9.47 Å². The monoisotopic (exact) mass is 240 g/mol. The molecule has 5 nitrogen and oxygen atoms in total. The van der Waals surface area contributed by atoms with E-state index in [9.17, 15) is 0 Å². The standard InChI is InChI=1S/C12H20N2O3/c1-3-17-11-6-10(7-14-8-11)12(13)9-16-5-4-15-2/h6-8,12H,3-5,9,13H2,1-2H3. The summed E-state index contributed by atoms with van der Waals surface area (Å²) in [4.78, 5) is 4.08. The van der Waals surface area contributed by atoms with Crippen LogP contribution in [0.15, 0.2) is 18.5 Å². The molecule has 17 heavy (non-hydrogen) atoms. The summed E-state index contributed by atoms with van der Waals surface area (Å²) in [6.07, 6.45) is 3.40. The van der Waals surface area contributed by atoms with Crippen LogP contribution in [0.25, 0.3) is 0 Å². The molecular weight excluding hydrogens is 220 g/mol. The van der Waals surface area contributed by atoms with Crippen LogP contribution in [0.1, 0.15) is 18.5 Å². The minimum absolute atomic E-state index is 0.195. The Labute approximate surface area is 102 Å². The van der Waals surface area contributed by atoms with E-state index in [2.05, 4.69) is 4.98 Å². The summed E-state index contributed by atoms with van der Waals surface area (Å²) in [6, 6.07) is 1.70. The molecule has 0 saturated heterocycles. The van der Waals surface area contributed by atoms with Crippen molar-refractivity contribution >= 4 is 0 Å². The number of nitrogens with zero attached hydrogens (tertiary/aromatic N) is 1. The lowest BCUT2D eigenvalue weighted by molar-refractivity contribution is 0.0635. The smallest absolute Gasteiger partial charge is 0.137 e. The van der Waals surface area contributed by atoms with Crippen LogP contribution in [0.2, 0.25) is 0 Å². The van der Waals surface area contributed by atoms with E-state index in [1.807, 2.05) is 13.0 Å². The fraction of sp³-hybridized carbons (Fsp3) is 0.583. The van der Waals surface area contributed by atoms with Crippen molar-refractivity contribution < 1.29 is 14.2 Å². The Balaban J connectivity index is 2.44. The number of hydrogen-bond acceptors (Lipinski definition) is 5. The van der Waals surface area contributed by atoms with Crippen molar-refractivity contribution in [3.05, 3.63) is 24.0 Å². The second-order valence-electron chi connectivity index (χ2n) is 3.56. The lowest BCUT2D eigenvalue weighted by Crippen LogP contribution is -2.18. The minimum Gasteiger partial charge on any atom is -0.492 e. The topological polar surface area (TPSA) is 66.6 Å². The highest BCUT2D eigenvalue weighted by atomic mass is 16.5. The highest BCUT2D eigenvalue weighted by Gasteiger charge is 2.07. The van der Waals surface area contributed by atoms with Gasteiger partial charge in [0.2, 0.25) is 0 Å². The van der Waals surface area contributed by atoms with E-state index in [0.717, 1.165) is 11.3 Å². The second kappa shape index (κ2) is 8.00. The van der Waals surface area contributed by atoms with Gasteiger partial charge in [-0.25, -0.2) is 0 Å². The van der Waals surface area contributed by atoms with Crippen LogP contribution in [0.3, 0.4) is 0 Å². The van der Waals surface area contributed by atoms with Gasteiger partial charge in [0.1, 0.15) is 5.75 Å². The largest absolute Gasteiger partial charge is 0.492 e. The molecular formula is C12H20N2O3. The predicted molar refractivity (Wildman–Crippen MR) is 65.0 cm³/mol. The zero-order chi connectivity index (χ0) is 12.5. The number of rotatable bonds is 8. The van der Waals surface area contributed by atoms with E-state index in [4.69, 9.17) is 19.9 Å². The number of nitrogens with two attached hydrogens (primary N) is 1. The van der Waals surface area contributed by atoms with Crippen molar-refractivity contribution in [1.29, 1.82) is 0 Å². The summed E-state index contributed by atoms with van der Waals surface area (Å²) in [5, 5.41) is 0. The first kappa shape index (κ1) is 13.9. The second-order valence-corrected chi connectivity index (χ2v) is 3.56. The van der Waals surface area contributed by atoms with Crippen molar-refractivity contribution in [2.24, 2.45) is 5.73 Å². The van der Waals surface area contributed by atoms with Crippen LogP contribution in [0.5, 0.6) is 5.75 Å². The first-order chi connectivity index (χ1) is 8.27. The summed E-state index contributed by atoms with van der Waals surface area (Å²) in [5.41, 5.74) is 6.89. The van der Waals surface area contributed by atoms with Crippen molar-refractivity contribution in [2.75, 3.05) is 33.5 Å². The molecule has 1 aromatic rings. The van der Waals surface area contributed by atoms with Crippen LogP contribution >= 0.6 is 0 Å². The molecule has 0 spiro atoms. The SMILES string of the molecule is CCOc1cncc(C(N)COCCOC)c1. The van der Waals surface area contributed by atoms with Gasteiger partial charge in [0.15, 0.2) is 0 Å². The van der Waals surface area contributed by atoms with Gasteiger partial charge in [-0.1, -0.05) is 0 Å². The van der Waals surface area contributed by atoms with Crippen molar-refractivity contribution in [3.8, 4) is 5.75 Å². The Morgan fingerprint density at radius 3 is 2.88 bits per heavy atom. The third kappa shape index (κ3) is 5.12. The van der Waals surface area contributed by atoms with Crippen molar-refractivity contribution in [3.63, 3.8) is 0 Å². The highest BCUT2D eigenvalue weighted by Crippen LogP contribution is 2.16. The van der Waals surface area contributed by atoms with E-state index < -0.39 is 0 Å². The number of ether oxygens (including phenoxy) is 3. The Morgan fingerprint density at radius 1 is 1.35 bits per heavy atom. The zero-order valence-corrected chi connectivity index (χ0v) is 10.4. The molecule has 0 fully saturated rings. The van der Waals surface area contributed by atoms with Gasteiger partial charge in [-0.3, -0.25) is 4.98 Å². The average molecular weight is 240 g/mol. The van der Waals surface area contributed by atoms with Crippen LogP contribution in [0, 0.1) is 0 Å². The summed E-state index contributed by atoms with van der Waals surface area (Å²) >= 11 is 0. The Hall–Kier alpha value is -1.17. The van der Waals surface area contributed by atoms with Gasteiger partial charge < -0.3 is 19.9 Å². The fourth-order valence-electron chi connectivity index (χ4n) is 1.33. The molecule has 1 rings (SSSR count). The highest BCUT2D eigenvalue weighted by molar-refractivity contribution is 5.25. The molecule has 0 radical (unpaired) electrons. The summed E-state index contributed by atoms with van der Waals surface area (Å²) in [6.45, 7) is 4.11. The molecule has 0 bridgehead atoms. The molecule has 1 unspecified atom stereocenters. The molecule has 5 heteroatoms. The predicted octanol–water partition coefficient (Wildman–Crippen LogP) is 1.14. The van der Waals surface area contributed by atoms with Crippen molar-refractivity contribution in [1.82, 2.24) is 4.98 Å². The maximum atomic E-state index is 5.98. The van der Waals surface area contributed by atoms with Gasteiger partial charge >= 0.3 is 0 Å². The lowest BCUT2D eigenvalue weighted by Gasteiger charge is -2.13. The number of methoxy groups -OCH3 is 1. The van der Waals surface area contributed by atoms with E-state index in [1.165, 1.54) is 0 Å². The molecule has 2 N–H and O–H groups in total. The lowest BCUT2D eigenvalue weighted by atomic mass is 10.1. The minimum atomic E-state index is -0.195. The van der Waals surface area contributed by atoms with Gasteiger partial charge in [-0.15, -0.1) is 0 Å². The number of pyridine rings is 1. The fourth-order valence-corrected chi connectivity index (χ4v) is 1.33. The van der Waals surface area contributed by atoms with Crippen LogP contribution in [-0.4, -0.2) is 38.5 Å². The average Bonchev–Trinajstić information content (AvgIpc) is 2.35. The Kier molecular flexibility index (Phi) is 6.54. The van der Waals surface area contributed by atoms with Gasteiger partial charge in [-0.2, -0.15) is 0 Å². The van der Waals surface area contributed by atoms with E-state index in [1.54, 1.807) is 19.5 Å². The molecule has 0 aliphatic carbocycles. The molecule has 1 atom stereocenters. The molecule has 0 amide bonds. The Bertz CT molecular complexity index is 320. The van der Waals surface area contributed by atoms with E-state index in [0.29, 0.717) is 26.4 Å². The first-order valence-corrected chi connectivity index (χ1v) is 5.68. The van der Waals surface area contributed by atoms with Gasteiger partial charge in [-0.05, 0) is 18.6 Å². The normalized spacial score (nSPS) is 12.4. The summed E-state index contributed by atoms with van der Waals surface area (Å²) < 4.78 is 15.6. The van der Waals surface area contributed by atoms with Crippen LogP contribution < -0.4 is 10.5 Å². The summed E-state index contributed by atoms with van der Waals surface area (Å²) in [7, 11) is 1.64. The van der Waals surface area contributed by atoms with Crippen LogP contribution in [0.4, 0.5) is 0 Å². The maximum Gasteiger partial charge on any atom is 0.137 e. The Morgan fingerprint density at radius 2 is 2.18 bits per heavy atom. The molecule has 1 aromatic heterocycles. The maximum absolute atomic E-state index is 5.98. The van der Waals surface area contributed by atoms with Gasteiger partial charge in [0.25, 0.3) is 0 Å². The third-order valence-corrected chi connectivity index (χ3v) is 2.20. The summed E-state index contributed by atoms with van der Waals surface area (Å²) in [5.74, 6) is 0.734. The molecule has 0 aliphatic rings. The van der Waals surface area contributed by atoms with Crippen molar-refractivity contribution in [2.45, 2.75) is 13.0 Å². The van der Waals surface area contributed by atoms with Gasteiger partial charge in [0.05, 0.1) is 38.7 Å². The molecule has 96 valence electrons. The van der Waals surface area contributed by atoms with Gasteiger partial charge in [0, 0.05) is 13.3 Å². The molecule has 0 saturated carbocycles. The van der Waals surface area contributed by atoms with E-state index in [-0.39, 0.29) is 6.04 Å². The molecule has 0 aromatic carbocycles. The zero-order valence-electron chi connectivity index (χ0n) is 10.4. The number of aromatic nitrogens is 1. The molecule has 0 aliphatic heterocycles. The quantitative estimate of drug-likeness (QED) is 0.690.